The number of hydrogen-bond donors (Lipinski definition) is 2. The molecule has 0 radical (unpaired) electrons. The maximum atomic E-state index is 11.9. The van der Waals surface area contributed by atoms with Gasteiger partial charge >= 0.3 is 5.97 Å². The summed E-state index contributed by atoms with van der Waals surface area (Å²) in [6.45, 7) is 0.353. The van der Waals surface area contributed by atoms with Gasteiger partial charge in [0, 0.05) is 19.4 Å². The molecule has 0 aliphatic carbocycles. The average molecular weight is 303 g/mol. The second-order valence-corrected chi connectivity index (χ2v) is 4.88. The van der Waals surface area contributed by atoms with Gasteiger partial charge in [-0.1, -0.05) is 30.3 Å². The van der Waals surface area contributed by atoms with Gasteiger partial charge in [-0.3, -0.25) is 14.4 Å². The van der Waals surface area contributed by atoms with Crippen molar-refractivity contribution in [3.63, 3.8) is 0 Å². The predicted octanol–water partition coefficient (Wildman–Crippen LogP) is 0.756. The van der Waals surface area contributed by atoms with Crippen LogP contribution in [0.4, 0.5) is 0 Å². The van der Waals surface area contributed by atoms with E-state index in [4.69, 9.17) is 5.11 Å². The van der Waals surface area contributed by atoms with Crippen molar-refractivity contribution < 1.29 is 19.5 Å². The molecule has 0 atom stereocenters. The first-order valence-electron chi connectivity index (χ1n) is 6.98. The van der Waals surface area contributed by atoms with E-state index in [2.05, 4.69) is 10.4 Å². The van der Waals surface area contributed by atoms with Gasteiger partial charge < -0.3 is 10.4 Å². The molecule has 1 aromatic rings. The summed E-state index contributed by atoms with van der Waals surface area (Å²) in [4.78, 5) is 34.2. The zero-order valence-electron chi connectivity index (χ0n) is 12.0. The largest absolute Gasteiger partial charge is 0.481 e. The van der Waals surface area contributed by atoms with E-state index in [1.807, 2.05) is 30.3 Å². The highest BCUT2D eigenvalue weighted by atomic mass is 16.4. The normalized spacial score (nSPS) is 14.5. The molecule has 1 aromatic carbocycles. The first kappa shape index (κ1) is 15.7. The Labute approximate surface area is 127 Å². The fraction of sp³-hybridized carbons (Fsp3) is 0.333. The molecule has 0 unspecified atom stereocenters. The molecule has 7 nitrogen and oxygen atoms in total. The Bertz CT molecular complexity index is 598. The number of carbonyl (C=O) groups is 3. The van der Waals surface area contributed by atoms with Crippen molar-refractivity contribution >= 4 is 23.5 Å². The van der Waals surface area contributed by atoms with E-state index in [1.165, 1.54) is 5.01 Å². The van der Waals surface area contributed by atoms with Crippen LogP contribution in [-0.2, 0) is 20.9 Å². The van der Waals surface area contributed by atoms with Crippen LogP contribution >= 0.6 is 0 Å². The highest BCUT2D eigenvalue weighted by molar-refractivity contribution is 6.39. The van der Waals surface area contributed by atoms with Crippen LogP contribution in [0, 0.1) is 0 Å². The molecular weight excluding hydrogens is 286 g/mol. The maximum absolute atomic E-state index is 11.9. The lowest BCUT2D eigenvalue weighted by molar-refractivity contribution is -0.137. The van der Waals surface area contributed by atoms with Gasteiger partial charge in [0.2, 0.25) is 5.91 Å². The van der Waals surface area contributed by atoms with Gasteiger partial charge in [-0.05, 0) is 5.56 Å². The molecule has 0 saturated carbocycles. The average Bonchev–Trinajstić information content (AvgIpc) is 2.50. The van der Waals surface area contributed by atoms with Gasteiger partial charge in [0.05, 0.1) is 13.0 Å². The standard InChI is InChI=1S/C15H17N3O4/c19-13-7-6-12(15(22)16-9-8-14(20)21)17-18(13)10-11-4-2-1-3-5-11/h1-5H,6-10H2,(H,16,22)(H,20,21). The van der Waals surface area contributed by atoms with E-state index in [-0.39, 0.29) is 37.4 Å². The highest BCUT2D eigenvalue weighted by Crippen LogP contribution is 2.13. The Balaban J connectivity index is 1.99. The van der Waals surface area contributed by atoms with Crippen LogP contribution in [-0.4, -0.2) is 40.2 Å². The SMILES string of the molecule is O=C(O)CCNC(=O)C1=NN(Cc2ccccc2)C(=O)CC1. The summed E-state index contributed by atoms with van der Waals surface area (Å²) < 4.78 is 0. The second-order valence-electron chi connectivity index (χ2n) is 4.88. The number of amides is 2. The van der Waals surface area contributed by atoms with Crippen molar-refractivity contribution in [3.05, 3.63) is 35.9 Å². The monoisotopic (exact) mass is 303 g/mol. The summed E-state index contributed by atoms with van der Waals surface area (Å²) in [6, 6.07) is 9.38. The van der Waals surface area contributed by atoms with Crippen molar-refractivity contribution in [2.75, 3.05) is 6.54 Å². The molecule has 2 N–H and O–H groups in total. The van der Waals surface area contributed by atoms with Crippen LogP contribution < -0.4 is 5.32 Å². The number of hydrazone groups is 1. The Hall–Kier alpha value is -2.70. The van der Waals surface area contributed by atoms with Gasteiger partial charge in [0.1, 0.15) is 5.71 Å². The maximum Gasteiger partial charge on any atom is 0.305 e. The van der Waals surface area contributed by atoms with E-state index in [1.54, 1.807) is 0 Å². The van der Waals surface area contributed by atoms with Crippen LogP contribution in [0.1, 0.15) is 24.8 Å². The summed E-state index contributed by atoms with van der Waals surface area (Å²) >= 11 is 0. The van der Waals surface area contributed by atoms with Crippen LogP contribution in [0.15, 0.2) is 35.4 Å². The lowest BCUT2D eigenvalue weighted by Crippen LogP contribution is -2.39. The fourth-order valence-corrected chi connectivity index (χ4v) is 2.03. The van der Waals surface area contributed by atoms with E-state index in [0.29, 0.717) is 6.54 Å². The lowest BCUT2D eigenvalue weighted by atomic mass is 10.1. The van der Waals surface area contributed by atoms with Gasteiger partial charge in [-0.15, -0.1) is 0 Å². The Morgan fingerprint density at radius 3 is 2.64 bits per heavy atom. The van der Waals surface area contributed by atoms with Crippen molar-refractivity contribution in [1.29, 1.82) is 0 Å². The number of aliphatic carboxylic acids is 1. The molecule has 116 valence electrons. The van der Waals surface area contributed by atoms with E-state index < -0.39 is 11.9 Å². The van der Waals surface area contributed by atoms with Crippen LogP contribution in [0.25, 0.3) is 0 Å². The molecule has 0 aromatic heterocycles. The highest BCUT2D eigenvalue weighted by Gasteiger charge is 2.24. The Morgan fingerprint density at radius 2 is 1.95 bits per heavy atom. The van der Waals surface area contributed by atoms with Gasteiger partial charge in [0.15, 0.2) is 0 Å². The topological polar surface area (TPSA) is 99.1 Å². The quantitative estimate of drug-likeness (QED) is 0.810. The third-order valence-corrected chi connectivity index (χ3v) is 3.17. The van der Waals surface area contributed by atoms with Gasteiger partial charge in [-0.25, -0.2) is 5.01 Å². The van der Waals surface area contributed by atoms with Gasteiger partial charge in [-0.2, -0.15) is 5.10 Å². The predicted molar refractivity (Wildman–Crippen MR) is 78.9 cm³/mol. The number of carbonyl (C=O) groups excluding carboxylic acids is 2. The van der Waals surface area contributed by atoms with Crippen molar-refractivity contribution in [3.8, 4) is 0 Å². The zero-order chi connectivity index (χ0) is 15.9. The van der Waals surface area contributed by atoms with E-state index >= 15 is 0 Å². The fourth-order valence-electron chi connectivity index (χ4n) is 2.03. The minimum absolute atomic E-state index is 0.0415. The molecular formula is C15H17N3O4. The molecule has 1 aliphatic rings. The summed E-state index contributed by atoms with van der Waals surface area (Å²) in [5.74, 6) is -1.54. The summed E-state index contributed by atoms with van der Waals surface area (Å²) in [6.07, 6.45) is 0.340. The molecule has 0 spiro atoms. The minimum Gasteiger partial charge on any atom is -0.481 e. The Kier molecular flexibility index (Phi) is 5.24. The molecule has 2 rings (SSSR count). The lowest BCUT2D eigenvalue weighted by Gasteiger charge is -2.23. The Morgan fingerprint density at radius 1 is 1.23 bits per heavy atom. The molecule has 2 amide bonds. The smallest absolute Gasteiger partial charge is 0.305 e. The number of benzene rings is 1. The third kappa shape index (κ3) is 4.41. The summed E-state index contributed by atoms with van der Waals surface area (Å²) in [5.41, 5.74) is 1.17. The first-order valence-corrected chi connectivity index (χ1v) is 6.98. The number of hydrogen-bond acceptors (Lipinski definition) is 4. The van der Waals surface area contributed by atoms with Gasteiger partial charge in [0.25, 0.3) is 5.91 Å². The molecule has 1 aliphatic heterocycles. The minimum atomic E-state index is -0.980. The first-order chi connectivity index (χ1) is 10.6. The summed E-state index contributed by atoms with van der Waals surface area (Å²) in [5, 5.41) is 16.4. The zero-order valence-corrected chi connectivity index (χ0v) is 12.0. The van der Waals surface area contributed by atoms with E-state index in [9.17, 15) is 14.4 Å². The molecule has 1 heterocycles. The van der Waals surface area contributed by atoms with Crippen molar-refractivity contribution in [1.82, 2.24) is 10.3 Å². The number of carboxylic acid groups (broad SMARTS) is 1. The van der Waals surface area contributed by atoms with Crippen LogP contribution in [0.3, 0.4) is 0 Å². The molecule has 22 heavy (non-hydrogen) atoms. The molecule has 0 bridgehead atoms. The molecule has 7 heteroatoms. The number of nitrogens with one attached hydrogen (secondary N) is 1. The summed E-state index contributed by atoms with van der Waals surface area (Å²) in [7, 11) is 0. The van der Waals surface area contributed by atoms with Crippen molar-refractivity contribution in [2.45, 2.75) is 25.8 Å². The van der Waals surface area contributed by atoms with Crippen LogP contribution in [0.5, 0.6) is 0 Å². The molecule has 0 saturated heterocycles. The second kappa shape index (κ2) is 7.35. The van der Waals surface area contributed by atoms with E-state index in [0.717, 1.165) is 5.56 Å². The number of nitrogens with zero attached hydrogens (tertiary/aromatic N) is 2. The molecule has 0 fully saturated rings. The number of rotatable bonds is 6. The van der Waals surface area contributed by atoms with Crippen molar-refractivity contribution in [2.24, 2.45) is 5.10 Å². The number of carboxylic acids is 1. The third-order valence-electron chi connectivity index (χ3n) is 3.17. The van der Waals surface area contributed by atoms with Crippen LogP contribution in [0.2, 0.25) is 0 Å².